The number of hydrogen-bond acceptors (Lipinski definition) is 7. The summed E-state index contributed by atoms with van der Waals surface area (Å²) in [5.41, 5.74) is 1.68. The highest BCUT2D eigenvalue weighted by molar-refractivity contribution is 5.67. The highest BCUT2D eigenvalue weighted by Gasteiger charge is 2.28. The Morgan fingerprint density at radius 2 is 1.33 bits per heavy atom. The Morgan fingerprint density at radius 1 is 0.875 bits per heavy atom. The molecule has 2 aromatic rings. The Bertz CT molecular complexity index is 682. The van der Waals surface area contributed by atoms with E-state index >= 15 is 0 Å². The van der Waals surface area contributed by atoms with Crippen LogP contribution in [0.4, 0.5) is 4.79 Å². The first kappa shape index (κ1) is 15.0. The van der Waals surface area contributed by atoms with Crippen molar-refractivity contribution in [1.29, 1.82) is 0 Å². The molecule has 2 fully saturated rings. The Kier molecular flexibility index (Phi) is 4.10. The summed E-state index contributed by atoms with van der Waals surface area (Å²) in [7, 11) is 0. The van der Waals surface area contributed by atoms with E-state index in [0.29, 0.717) is 26.4 Å². The first-order valence-corrected chi connectivity index (χ1v) is 7.76. The van der Waals surface area contributed by atoms with Crippen molar-refractivity contribution in [2.75, 3.05) is 26.4 Å². The fraction of sp³-hybridized carbons (Fsp3) is 0.353. The molecule has 0 spiro atoms. The summed E-state index contributed by atoms with van der Waals surface area (Å²) in [4.78, 5) is 20.4. The molecule has 0 bridgehead atoms. The molecule has 124 valence electrons. The van der Waals surface area contributed by atoms with Crippen LogP contribution in [0.1, 0.15) is 23.0 Å². The van der Waals surface area contributed by atoms with Crippen molar-refractivity contribution < 1.29 is 23.7 Å². The lowest BCUT2D eigenvalue weighted by Crippen LogP contribution is -2.28. The molecule has 0 unspecified atom stereocenters. The van der Waals surface area contributed by atoms with Crippen LogP contribution in [0.15, 0.2) is 36.7 Å². The third kappa shape index (κ3) is 2.95. The average molecular weight is 328 g/mol. The van der Waals surface area contributed by atoms with Crippen molar-refractivity contribution in [1.82, 2.24) is 9.97 Å². The van der Waals surface area contributed by atoms with Gasteiger partial charge >= 0.3 is 6.16 Å². The molecule has 0 saturated carbocycles. The summed E-state index contributed by atoms with van der Waals surface area (Å²) < 4.78 is 21.0. The molecule has 2 aliphatic rings. The molecular weight excluding hydrogens is 312 g/mol. The third-order valence-corrected chi connectivity index (χ3v) is 4.12. The number of carbonyl (C=O) groups is 1. The Morgan fingerprint density at radius 3 is 1.71 bits per heavy atom. The lowest BCUT2D eigenvalue weighted by atomic mass is 9.99. The van der Waals surface area contributed by atoms with E-state index in [2.05, 4.69) is 9.97 Å². The molecule has 2 saturated heterocycles. The first-order chi connectivity index (χ1) is 11.8. The van der Waals surface area contributed by atoms with Gasteiger partial charge in [-0.15, -0.1) is 0 Å². The van der Waals surface area contributed by atoms with Crippen molar-refractivity contribution in [3.05, 3.63) is 47.8 Å². The van der Waals surface area contributed by atoms with Crippen molar-refractivity contribution in [3.63, 3.8) is 0 Å². The van der Waals surface area contributed by atoms with E-state index in [1.54, 1.807) is 24.5 Å². The van der Waals surface area contributed by atoms with Crippen LogP contribution in [0.3, 0.4) is 0 Å². The van der Waals surface area contributed by atoms with Crippen molar-refractivity contribution in [2.45, 2.75) is 11.8 Å². The van der Waals surface area contributed by atoms with Gasteiger partial charge in [-0.3, -0.25) is 0 Å². The molecule has 7 nitrogen and oxygen atoms in total. The molecule has 2 aliphatic heterocycles. The smallest absolute Gasteiger partial charge is 0.380 e. The molecule has 0 aromatic carbocycles. The van der Waals surface area contributed by atoms with Crippen LogP contribution >= 0.6 is 0 Å². The van der Waals surface area contributed by atoms with Crippen LogP contribution in [0, 0.1) is 0 Å². The second-order valence-corrected chi connectivity index (χ2v) is 5.72. The molecule has 4 rings (SSSR count). The van der Waals surface area contributed by atoms with Gasteiger partial charge in [-0.2, -0.15) is 0 Å². The molecule has 2 aromatic heterocycles. The Balaban J connectivity index is 1.48. The minimum atomic E-state index is -0.851. The first-order valence-electron chi connectivity index (χ1n) is 7.76. The van der Waals surface area contributed by atoms with Crippen LogP contribution in [-0.2, 0) is 9.47 Å². The summed E-state index contributed by atoms with van der Waals surface area (Å²) in [5, 5.41) is 0. The van der Waals surface area contributed by atoms with E-state index in [-0.39, 0.29) is 23.6 Å². The van der Waals surface area contributed by atoms with Crippen molar-refractivity contribution in [3.8, 4) is 11.8 Å². The van der Waals surface area contributed by atoms with Gasteiger partial charge in [-0.05, 0) is 12.1 Å². The van der Waals surface area contributed by atoms with Gasteiger partial charge in [0, 0.05) is 35.4 Å². The van der Waals surface area contributed by atoms with E-state index in [4.69, 9.17) is 18.9 Å². The average Bonchev–Trinajstić information content (AvgIpc) is 2.48. The number of carbonyl (C=O) groups excluding carboxylic acids is 1. The van der Waals surface area contributed by atoms with Crippen molar-refractivity contribution in [2.24, 2.45) is 0 Å². The predicted octanol–water partition coefficient (Wildman–Crippen LogP) is 2.28. The topological polar surface area (TPSA) is 79.8 Å². The van der Waals surface area contributed by atoms with E-state index in [9.17, 15) is 4.79 Å². The quantitative estimate of drug-likeness (QED) is 0.797. The molecular formula is C17H16N2O5. The zero-order valence-electron chi connectivity index (χ0n) is 12.9. The summed E-state index contributed by atoms with van der Waals surface area (Å²) in [6, 6.07) is 7.36. The SMILES string of the molecule is O=C(Oc1ncccc1C1COC1)Oc1ncccc1C1COC1. The van der Waals surface area contributed by atoms with Gasteiger partial charge in [0.15, 0.2) is 0 Å². The molecule has 0 N–H and O–H groups in total. The zero-order chi connectivity index (χ0) is 16.4. The van der Waals surface area contributed by atoms with Crippen LogP contribution in [-0.4, -0.2) is 42.6 Å². The fourth-order valence-electron chi connectivity index (χ4n) is 2.61. The molecule has 0 amide bonds. The molecule has 0 aliphatic carbocycles. The number of nitrogens with zero attached hydrogens (tertiary/aromatic N) is 2. The predicted molar refractivity (Wildman–Crippen MR) is 82.2 cm³/mol. The fourth-order valence-corrected chi connectivity index (χ4v) is 2.61. The maximum Gasteiger partial charge on any atom is 0.522 e. The molecule has 0 atom stereocenters. The second kappa shape index (κ2) is 6.54. The molecule has 0 radical (unpaired) electrons. The number of hydrogen-bond donors (Lipinski definition) is 0. The van der Waals surface area contributed by atoms with Crippen LogP contribution < -0.4 is 9.47 Å². The summed E-state index contributed by atoms with van der Waals surface area (Å²) in [6.07, 6.45) is 2.29. The van der Waals surface area contributed by atoms with Crippen LogP contribution in [0.5, 0.6) is 11.8 Å². The van der Waals surface area contributed by atoms with Gasteiger partial charge in [0.05, 0.1) is 26.4 Å². The van der Waals surface area contributed by atoms with E-state index < -0.39 is 6.16 Å². The minimum Gasteiger partial charge on any atom is -0.380 e. The van der Waals surface area contributed by atoms with Gasteiger partial charge < -0.3 is 18.9 Å². The Hall–Kier alpha value is -2.51. The highest BCUT2D eigenvalue weighted by atomic mass is 16.7. The number of ether oxygens (including phenoxy) is 4. The summed E-state index contributed by atoms with van der Waals surface area (Å²) >= 11 is 0. The standard InChI is InChI=1S/C17H16N2O5/c20-17(23-15-13(3-1-5-18-15)11-7-21-8-11)24-16-14(4-2-6-19-16)12-9-22-10-12/h1-6,11-12H,7-10H2. The summed E-state index contributed by atoms with van der Waals surface area (Å²) in [6.45, 7) is 2.40. The molecule has 24 heavy (non-hydrogen) atoms. The van der Waals surface area contributed by atoms with Gasteiger partial charge in [0.2, 0.25) is 11.8 Å². The maximum atomic E-state index is 12.2. The summed E-state index contributed by atoms with van der Waals surface area (Å²) in [5.74, 6) is 0.888. The van der Waals surface area contributed by atoms with Gasteiger partial charge in [-0.25, -0.2) is 14.8 Å². The van der Waals surface area contributed by atoms with Gasteiger partial charge in [-0.1, -0.05) is 12.1 Å². The highest BCUT2D eigenvalue weighted by Crippen LogP contribution is 2.32. The largest absolute Gasteiger partial charge is 0.522 e. The van der Waals surface area contributed by atoms with Gasteiger partial charge in [0.25, 0.3) is 0 Å². The zero-order valence-corrected chi connectivity index (χ0v) is 12.9. The Labute approximate surface area is 138 Å². The second-order valence-electron chi connectivity index (χ2n) is 5.72. The third-order valence-electron chi connectivity index (χ3n) is 4.12. The number of pyridine rings is 2. The molecule has 4 heterocycles. The minimum absolute atomic E-state index is 0.194. The van der Waals surface area contributed by atoms with Crippen molar-refractivity contribution >= 4 is 6.16 Å². The number of aromatic nitrogens is 2. The van der Waals surface area contributed by atoms with Crippen LogP contribution in [0.2, 0.25) is 0 Å². The maximum absolute atomic E-state index is 12.2. The lowest BCUT2D eigenvalue weighted by Gasteiger charge is -2.27. The van der Waals surface area contributed by atoms with E-state index in [1.165, 1.54) is 0 Å². The van der Waals surface area contributed by atoms with Crippen LogP contribution in [0.25, 0.3) is 0 Å². The van der Waals surface area contributed by atoms with Gasteiger partial charge in [0.1, 0.15) is 0 Å². The lowest BCUT2D eigenvalue weighted by molar-refractivity contribution is 0.00655. The number of rotatable bonds is 4. The monoisotopic (exact) mass is 328 g/mol. The van der Waals surface area contributed by atoms with E-state index in [0.717, 1.165) is 11.1 Å². The molecule has 7 heteroatoms. The normalized spacial score (nSPS) is 17.7. The van der Waals surface area contributed by atoms with E-state index in [1.807, 2.05) is 12.1 Å².